The average molecular weight is 427 g/mol. The van der Waals surface area contributed by atoms with Crippen molar-refractivity contribution in [3.63, 3.8) is 0 Å². The second-order valence-corrected chi connectivity index (χ2v) is 7.14. The van der Waals surface area contributed by atoms with E-state index in [9.17, 15) is 9.59 Å². The molecule has 0 bridgehead atoms. The Morgan fingerprint density at radius 2 is 1.81 bits per heavy atom. The molecule has 7 heteroatoms. The van der Waals surface area contributed by atoms with Crippen LogP contribution in [0.3, 0.4) is 0 Å². The Kier molecular flexibility index (Phi) is 5.71. The SMILES string of the molecule is Cc1ccc(-c2cc(C(=O)NCC(=O)Nc3ccc(Br)cc3C)[nH]n2)cc1. The molecule has 0 fully saturated rings. The third-order valence-corrected chi connectivity index (χ3v) is 4.54. The lowest BCUT2D eigenvalue weighted by atomic mass is 10.1. The zero-order valence-electron chi connectivity index (χ0n) is 15.0. The Hall–Kier alpha value is -2.93. The number of rotatable bonds is 5. The number of H-pyrrole nitrogens is 1. The van der Waals surface area contributed by atoms with Gasteiger partial charge in [0.05, 0.1) is 12.2 Å². The van der Waals surface area contributed by atoms with Crippen LogP contribution in [0.15, 0.2) is 53.0 Å². The molecule has 2 aromatic carbocycles. The first-order chi connectivity index (χ1) is 12.9. The highest BCUT2D eigenvalue weighted by Gasteiger charge is 2.13. The van der Waals surface area contributed by atoms with Crippen LogP contribution in [0.2, 0.25) is 0 Å². The fraction of sp³-hybridized carbons (Fsp3) is 0.150. The summed E-state index contributed by atoms with van der Waals surface area (Å²) in [6.45, 7) is 3.78. The number of anilines is 1. The molecule has 0 atom stereocenters. The summed E-state index contributed by atoms with van der Waals surface area (Å²) in [5, 5.41) is 12.2. The molecule has 0 saturated carbocycles. The molecule has 0 saturated heterocycles. The van der Waals surface area contributed by atoms with Gasteiger partial charge in [0.2, 0.25) is 5.91 Å². The summed E-state index contributed by atoms with van der Waals surface area (Å²) in [4.78, 5) is 24.3. The highest BCUT2D eigenvalue weighted by molar-refractivity contribution is 9.10. The van der Waals surface area contributed by atoms with Gasteiger partial charge in [0.25, 0.3) is 5.91 Å². The number of hydrogen-bond acceptors (Lipinski definition) is 3. The highest BCUT2D eigenvalue weighted by atomic mass is 79.9. The van der Waals surface area contributed by atoms with Crippen LogP contribution in [0, 0.1) is 13.8 Å². The van der Waals surface area contributed by atoms with Crippen molar-refractivity contribution in [3.05, 3.63) is 69.8 Å². The van der Waals surface area contributed by atoms with Crippen molar-refractivity contribution in [1.29, 1.82) is 0 Å². The number of nitrogens with zero attached hydrogens (tertiary/aromatic N) is 1. The van der Waals surface area contributed by atoms with Crippen molar-refractivity contribution < 1.29 is 9.59 Å². The summed E-state index contributed by atoms with van der Waals surface area (Å²) in [6, 6.07) is 15.1. The lowest BCUT2D eigenvalue weighted by molar-refractivity contribution is -0.115. The molecule has 1 aromatic heterocycles. The largest absolute Gasteiger partial charge is 0.342 e. The minimum absolute atomic E-state index is 0.132. The molecule has 0 aliphatic heterocycles. The molecule has 1 heterocycles. The number of aromatic nitrogens is 2. The molecular weight excluding hydrogens is 408 g/mol. The monoisotopic (exact) mass is 426 g/mol. The van der Waals surface area contributed by atoms with E-state index >= 15 is 0 Å². The number of nitrogens with one attached hydrogen (secondary N) is 3. The molecule has 0 aliphatic carbocycles. The number of amides is 2. The average Bonchev–Trinajstić information content (AvgIpc) is 3.13. The van der Waals surface area contributed by atoms with Crippen LogP contribution in [-0.4, -0.2) is 28.6 Å². The smallest absolute Gasteiger partial charge is 0.269 e. The van der Waals surface area contributed by atoms with Gasteiger partial charge in [-0.1, -0.05) is 45.8 Å². The number of aromatic amines is 1. The maximum Gasteiger partial charge on any atom is 0.269 e. The molecule has 0 unspecified atom stereocenters. The normalized spacial score (nSPS) is 10.5. The van der Waals surface area contributed by atoms with Gasteiger partial charge in [0.15, 0.2) is 0 Å². The number of benzene rings is 2. The van der Waals surface area contributed by atoms with Crippen LogP contribution < -0.4 is 10.6 Å². The summed E-state index contributed by atoms with van der Waals surface area (Å²) < 4.78 is 0.940. The predicted molar refractivity (Wildman–Crippen MR) is 109 cm³/mol. The molecular formula is C20H19BrN4O2. The van der Waals surface area contributed by atoms with Gasteiger partial charge in [-0.05, 0) is 43.7 Å². The number of hydrogen-bond donors (Lipinski definition) is 3. The Balaban J connectivity index is 1.57. The lowest BCUT2D eigenvalue weighted by Crippen LogP contribution is -2.33. The van der Waals surface area contributed by atoms with E-state index < -0.39 is 0 Å². The highest BCUT2D eigenvalue weighted by Crippen LogP contribution is 2.20. The van der Waals surface area contributed by atoms with Crippen molar-refractivity contribution in [2.75, 3.05) is 11.9 Å². The van der Waals surface area contributed by atoms with E-state index in [1.54, 1.807) is 6.07 Å². The quantitative estimate of drug-likeness (QED) is 0.579. The van der Waals surface area contributed by atoms with Gasteiger partial charge in [-0.25, -0.2) is 0 Å². The lowest BCUT2D eigenvalue weighted by Gasteiger charge is -2.09. The van der Waals surface area contributed by atoms with Gasteiger partial charge in [0, 0.05) is 15.7 Å². The van der Waals surface area contributed by atoms with Gasteiger partial charge in [-0.2, -0.15) is 5.10 Å². The minimum Gasteiger partial charge on any atom is -0.342 e. The van der Waals surface area contributed by atoms with Crippen molar-refractivity contribution in [2.45, 2.75) is 13.8 Å². The number of halogens is 1. The first kappa shape index (κ1) is 18.8. The fourth-order valence-corrected chi connectivity index (χ4v) is 3.00. The predicted octanol–water partition coefficient (Wildman–Crippen LogP) is 3.82. The molecule has 2 amide bonds. The maximum absolute atomic E-state index is 12.2. The Morgan fingerprint density at radius 3 is 2.52 bits per heavy atom. The summed E-state index contributed by atoms with van der Waals surface area (Å²) in [7, 11) is 0. The molecule has 27 heavy (non-hydrogen) atoms. The van der Waals surface area contributed by atoms with Gasteiger partial charge in [-0.3, -0.25) is 14.7 Å². The summed E-state index contributed by atoms with van der Waals surface area (Å²) in [5.41, 5.74) is 4.69. The third-order valence-electron chi connectivity index (χ3n) is 4.04. The van der Waals surface area contributed by atoms with E-state index in [2.05, 4.69) is 36.8 Å². The van der Waals surface area contributed by atoms with E-state index in [1.807, 2.05) is 56.3 Å². The Morgan fingerprint density at radius 1 is 1.07 bits per heavy atom. The van der Waals surface area contributed by atoms with Gasteiger partial charge >= 0.3 is 0 Å². The van der Waals surface area contributed by atoms with Crippen molar-refractivity contribution in [1.82, 2.24) is 15.5 Å². The van der Waals surface area contributed by atoms with Gasteiger partial charge in [-0.15, -0.1) is 0 Å². The van der Waals surface area contributed by atoms with Crippen LogP contribution in [0.5, 0.6) is 0 Å². The van der Waals surface area contributed by atoms with Crippen LogP contribution in [-0.2, 0) is 4.79 Å². The molecule has 3 rings (SSSR count). The van der Waals surface area contributed by atoms with Crippen molar-refractivity contribution >= 4 is 33.4 Å². The van der Waals surface area contributed by atoms with Crippen molar-refractivity contribution in [2.24, 2.45) is 0 Å². The summed E-state index contributed by atoms with van der Waals surface area (Å²) in [6.07, 6.45) is 0. The number of aryl methyl sites for hydroxylation is 2. The van der Waals surface area contributed by atoms with Crippen LogP contribution >= 0.6 is 15.9 Å². The maximum atomic E-state index is 12.2. The number of carbonyl (C=O) groups excluding carboxylic acids is 2. The minimum atomic E-state index is -0.386. The first-order valence-corrected chi connectivity index (χ1v) is 9.18. The summed E-state index contributed by atoms with van der Waals surface area (Å²) in [5.74, 6) is -0.685. The van der Waals surface area contributed by atoms with E-state index in [1.165, 1.54) is 0 Å². The first-order valence-electron chi connectivity index (χ1n) is 8.39. The number of carbonyl (C=O) groups is 2. The molecule has 0 aliphatic rings. The van der Waals surface area contributed by atoms with Gasteiger partial charge in [0.1, 0.15) is 5.69 Å². The fourth-order valence-electron chi connectivity index (χ4n) is 2.53. The third kappa shape index (κ3) is 4.83. The van der Waals surface area contributed by atoms with Gasteiger partial charge < -0.3 is 10.6 Å². The second-order valence-electron chi connectivity index (χ2n) is 6.22. The topological polar surface area (TPSA) is 86.9 Å². The standard InChI is InChI=1S/C20H19BrN4O2/c1-12-3-5-14(6-4-12)17-10-18(25-24-17)20(27)22-11-19(26)23-16-8-7-15(21)9-13(16)2/h3-10H,11H2,1-2H3,(H,22,27)(H,23,26)(H,24,25). The molecule has 138 valence electrons. The zero-order chi connectivity index (χ0) is 19.4. The van der Waals surface area contributed by atoms with E-state index in [0.717, 1.165) is 21.2 Å². The van der Waals surface area contributed by atoms with Crippen LogP contribution in [0.25, 0.3) is 11.3 Å². The van der Waals surface area contributed by atoms with E-state index in [4.69, 9.17) is 0 Å². The Labute approximate surface area is 165 Å². The molecule has 3 aromatic rings. The Bertz CT molecular complexity index is 980. The molecule has 0 radical (unpaired) electrons. The van der Waals surface area contributed by atoms with Crippen molar-refractivity contribution in [3.8, 4) is 11.3 Å². The van der Waals surface area contributed by atoms with Crippen LogP contribution in [0.4, 0.5) is 5.69 Å². The molecule has 6 nitrogen and oxygen atoms in total. The molecule has 3 N–H and O–H groups in total. The van der Waals surface area contributed by atoms with E-state index in [0.29, 0.717) is 17.1 Å². The molecule has 0 spiro atoms. The zero-order valence-corrected chi connectivity index (χ0v) is 16.6. The summed E-state index contributed by atoms with van der Waals surface area (Å²) >= 11 is 3.38. The van der Waals surface area contributed by atoms with Crippen LogP contribution in [0.1, 0.15) is 21.6 Å². The van der Waals surface area contributed by atoms with E-state index in [-0.39, 0.29) is 18.4 Å². The second kappa shape index (κ2) is 8.18.